The number of rotatable bonds is 8. The van der Waals surface area contributed by atoms with Crippen molar-refractivity contribution in [3.8, 4) is 5.75 Å². The highest BCUT2D eigenvalue weighted by molar-refractivity contribution is 9.10. The predicted octanol–water partition coefficient (Wildman–Crippen LogP) is 4.81. The molecule has 0 unspecified atom stereocenters. The van der Waals surface area contributed by atoms with Gasteiger partial charge in [0.15, 0.2) is 0 Å². The molecule has 0 radical (unpaired) electrons. The van der Waals surface area contributed by atoms with E-state index in [0.29, 0.717) is 39.4 Å². The van der Waals surface area contributed by atoms with Crippen LogP contribution in [0.4, 0.5) is 34.5 Å². The lowest BCUT2D eigenvalue weighted by Crippen LogP contribution is -2.52. The van der Waals surface area contributed by atoms with Crippen molar-refractivity contribution in [2.24, 2.45) is 0 Å². The summed E-state index contributed by atoms with van der Waals surface area (Å²) in [6.45, 7) is 6.69. The van der Waals surface area contributed by atoms with Crippen LogP contribution >= 0.6 is 15.9 Å². The average molecular weight is 698 g/mol. The number of nitrogens with one attached hydrogen (secondary N) is 2. The van der Waals surface area contributed by atoms with Crippen molar-refractivity contribution >= 4 is 60.5 Å². The van der Waals surface area contributed by atoms with Crippen LogP contribution in [-0.2, 0) is 16.4 Å². The molecule has 1 saturated carbocycles. The molecule has 0 atom stereocenters. The van der Waals surface area contributed by atoms with Gasteiger partial charge in [-0.2, -0.15) is 4.98 Å². The molecule has 3 fully saturated rings. The van der Waals surface area contributed by atoms with Crippen LogP contribution in [0.1, 0.15) is 31.2 Å². The van der Waals surface area contributed by atoms with Gasteiger partial charge < -0.3 is 25.2 Å². The highest BCUT2D eigenvalue weighted by atomic mass is 79.9. The van der Waals surface area contributed by atoms with Crippen molar-refractivity contribution in [3.05, 3.63) is 52.6 Å². The molecule has 7 rings (SSSR count). The lowest BCUT2D eigenvalue weighted by molar-refractivity contribution is 0.0982. The number of hydrogen-bond donors (Lipinski definition) is 2. The summed E-state index contributed by atoms with van der Waals surface area (Å²) in [5.74, 6) is 1.64. The molecule has 3 aliphatic heterocycles. The lowest BCUT2D eigenvalue weighted by Gasteiger charge is -2.42. The van der Waals surface area contributed by atoms with Crippen molar-refractivity contribution < 1.29 is 13.2 Å². The summed E-state index contributed by atoms with van der Waals surface area (Å²) in [5.41, 5.74) is 4.02. The van der Waals surface area contributed by atoms with Crippen molar-refractivity contribution in [2.45, 2.75) is 43.7 Å². The Morgan fingerprint density at radius 2 is 1.76 bits per heavy atom. The van der Waals surface area contributed by atoms with Crippen LogP contribution in [0.25, 0.3) is 0 Å². The summed E-state index contributed by atoms with van der Waals surface area (Å²) in [6.07, 6.45) is 7.78. The number of benzene rings is 2. The zero-order valence-corrected chi connectivity index (χ0v) is 28.5. The molecule has 11 nitrogen and oxygen atoms in total. The van der Waals surface area contributed by atoms with Crippen LogP contribution in [0.3, 0.4) is 0 Å². The third-order valence-electron chi connectivity index (χ3n) is 9.74. The number of anilines is 6. The molecular weight excluding hydrogens is 656 g/mol. The molecule has 13 heteroatoms. The molecule has 1 aromatic heterocycles. The van der Waals surface area contributed by atoms with Gasteiger partial charge in [0.25, 0.3) is 0 Å². The molecule has 1 spiro atoms. The zero-order chi connectivity index (χ0) is 31.3. The number of likely N-dealkylation sites (N-methyl/N-ethyl adjacent to an activating group) is 1. The van der Waals surface area contributed by atoms with E-state index in [4.69, 9.17) is 9.72 Å². The van der Waals surface area contributed by atoms with E-state index in [1.807, 2.05) is 24.3 Å². The number of sulfonamides is 1. The third kappa shape index (κ3) is 6.07. The van der Waals surface area contributed by atoms with E-state index in [9.17, 15) is 8.42 Å². The summed E-state index contributed by atoms with van der Waals surface area (Å²) in [5, 5.41) is 6.71. The summed E-state index contributed by atoms with van der Waals surface area (Å²) >= 11 is 3.57. The first-order chi connectivity index (χ1) is 21.6. The zero-order valence-electron chi connectivity index (χ0n) is 26.1. The Kier molecular flexibility index (Phi) is 8.07. The minimum absolute atomic E-state index is 0.327. The fourth-order valence-electron chi connectivity index (χ4n) is 7.20. The Morgan fingerprint density at radius 3 is 2.44 bits per heavy atom. The fraction of sp³-hybridized carbons (Fsp3) is 0.500. The normalized spacial score (nSPS) is 20.4. The average Bonchev–Trinajstić information content (AvgIpc) is 3.70. The molecule has 1 aliphatic carbocycles. The van der Waals surface area contributed by atoms with E-state index < -0.39 is 10.0 Å². The van der Waals surface area contributed by atoms with Crippen LogP contribution in [-0.4, -0.2) is 99.4 Å². The molecule has 3 aromatic rings. The fourth-order valence-corrected chi connectivity index (χ4v) is 8.99. The second kappa shape index (κ2) is 11.9. The van der Waals surface area contributed by atoms with Crippen molar-refractivity contribution in [2.75, 3.05) is 79.5 Å². The van der Waals surface area contributed by atoms with E-state index in [1.165, 1.54) is 19.1 Å². The minimum atomic E-state index is -3.45. The van der Waals surface area contributed by atoms with Gasteiger partial charge in [-0.15, -0.1) is 0 Å². The predicted molar refractivity (Wildman–Crippen MR) is 183 cm³/mol. The minimum Gasteiger partial charge on any atom is -0.494 e. The monoisotopic (exact) mass is 696 g/mol. The van der Waals surface area contributed by atoms with Gasteiger partial charge in [0, 0.05) is 63.3 Å². The standard InChI is InChI=1S/C32H41BrN8O3S/c1-38-15-17-40(18-16-38)23-9-13-39(14-10-23)24-7-8-26(28(19-24)44-2)36-31-34-21-25(33)30(37-31)35-27-6-4-5-22-20-32(11-12-32)41(29(22)27)45(3,42)43/h4-8,19,21,23H,9-18,20H2,1-3H3,(H2,34,35,36,37). The van der Waals surface area contributed by atoms with E-state index in [2.05, 4.69) is 65.4 Å². The molecule has 4 aliphatic rings. The first kappa shape index (κ1) is 30.5. The summed E-state index contributed by atoms with van der Waals surface area (Å²) in [6, 6.07) is 12.8. The van der Waals surface area contributed by atoms with Gasteiger partial charge in [-0.05, 0) is 78.8 Å². The van der Waals surface area contributed by atoms with E-state index in [-0.39, 0.29) is 5.54 Å². The summed E-state index contributed by atoms with van der Waals surface area (Å²) in [4.78, 5) is 16.8. The van der Waals surface area contributed by atoms with Crippen molar-refractivity contribution in [1.29, 1.82) is 0 Å². The smallest absolute Gasteiger partial charge is 0.232 e. The number of halogens is 1. The van der Waals surface area contributed by atoms with Gasteiger partial charge in [-0.1, -0.05) is 12.1 Å². The number of fused-ring (bicyclic) bond motifs is 1. The lowest BCUT2D eigenvalue weighted by atomic mass is 10.0. The number of piperazine rings is 1. The third-order valence-corrected chi connectivity index (χ3v) is 11.6. The van der Waals surface area contributed by atoms with E-state index >= 15 is 0 Å². The number of nitrogens with zero attached hydrogens (tertiary/aromatic N) is 6. The maximum atomic E-state index is 12.9. The molecule has 2 aromatic carbocycles. The quantitative estimate of drug-likeness (QED) is 0.341. The van der Waals surface area contributed by atoms with Gasteiger partial charge in [-0.25, -0.2) is 13.4 Å². The van der Waals surface area contributed by atoms with Crippen LogP contribution < -0.4 is 24.6 Å². The molecule has 0 bridgehead atoms. The molecule has 4 heterocycles. The first-order valence-electron chi connectivity index (χ1n) is 15.7. The molecule has 240 valence electrons. The number of ether oxygens (including phenoxy) is 1. The van der Waals surface area contributed by atoms with Gasteiger partial charge >= 0.3 is 0 Å². The second-order valence-corrected chi connectivity index (χ2v) is 15.5. The topological polar surface area (TPSA) is 106 Å². The summed E-state index contributed by atoms with van der Waals surface area (Å²) in [7, 11) is 0.434. The van der Waals surface area contributed by atoms with Gasteiger partial charge in [0.05, 0.1) is 40.4 Å². The highest BCUT2D eigenvalue weighted by Gasteiger charge is 2.57. The van der Waals surface area contributed by atoms with Gasteiger partial charge in [0.1, 0.15) is 11.6 Å². The van der Waals surface area contributed by atoms with Crippen molar-refractivity contribution in [3.63, 3.8) is 0 Å². The van der Waals surface area contributed by atoms with Crippen LogP contribution in [0.5, 0.6) is 5.75 Å². The van der Waals surface area contributed by atoms with Crippen LogP contribution in [0.2, 0.25) is 0 Å². The van der Waals surface area contributed by atoms with Crippen LogP contribution in [0, 0.1) is 0 Å². The number of methoxy groups -OCH3 is 1. The summed E-state index contributed by atoms with van der Waals surface area (Å²) < 4.78 is 33.9. The molecular formula is C32H41BrN8O3S. The molecule has 45 heavy (non-hydrogen) atoms. The Morgan fingerprint density at radius 1 is 1.00 bits per heavy atom. The number of aromatic nitrogens is 2. The highest BCUT2D eigenvalue weighted by Crippen LogP contribution is 2.56. The van der Waals surface area contributed by atoms with Gasteiger partial charge in [0.2, 0.25) is 16.0 Å². The van der Waals surface area contributed by atoms with Crippen LogP contribution in [0.15, 0.2) is 47.1 Å². The van der Waals surface area contributed by atoms with E-state index in [1.54, 1.807) is 17.6 Å². The number of hydrogen-bond acceptors (Lipinski definition) is 10. The maximum Gasteiger partial charge on any atom is 0.232 e. The largest absolute Gasteiger partial charge is 0.494 e. The van der Waals surface area contributed by atoms with E-state index in [0.717, 1.165) is 75.5 Å². The Hall–Kier alpha value is -3.13. The number of para-hydroxylation sites is 1. The Bertz CT molecular complexity index is 1690. The maximum absolute atomic E-state index is 12.9. The Balaban J connectivity index is 1.06. The van der Waals surface area contributed by atoms with Gasteiger partial charge in [-0.3, -0.25) is 9.21 Å². The SMILES string of the molecule is COc1cc(N2CCC(N3CCN(C)CC3)CC2)ccc1Nc1ncc(Br)c(Nc2cccc3c2N(S(C)(=O)=O)C2(CC2)C3)n1. The Labute approximate surface area is 274 Å². The molecule has 2 saturated heterocycles. The molecule has 2 N–H and O–H groups in total. The second-order valence-electron chi connectivity index (χ2n) is 12.8. The number of piperidine rings is 1. The van der Waals surface area contributed by atoms with Crippen molar-refractivity contribution in [1.82, 2.24) is 19.8 Å². The first-order valence-corrected chi connectivity index (χ1v) is 18.3. The molecule has 0 amide bonds.